The summed E-state index contributed by atoms with van der Waals surface area (Å²) in [7, 11) is 1.47. The zero-order chi connectivity index (χ0) is 18.5. The van der Waals surface area contributed by atoms with Gasteiger partial charge in [0.1, 0.15) is 11.4 Å². The normalized spacial score (nSPS) is 10.3. The summed E-state index contributed by atoms with van der Waals surface area (Å²) in [6, 6.07) is 17.1. The predicted molar refractivity (Wildman–Crippen MR) is 95.7 cm³/mol. The average molecular weight is 351 g/mol. The van der Waals surface area contributed by atoms with E-state index < -0.39 is 17.2 Å². The van der Waals surface area contributed by atoms with Crippen LogP contribution in [0, 0.1) is 0 Å². The van der Waals surface area contributed by atoms with Crippen LogP contribution in [0.15, 0.2) is 65.5 Å². The molecule has 0 aliphatic carbocycles. The molecule has 132 valence electrons. The number of nitrogens with zero attached hydrogens (tertiary/aromatic N) is 2. The van der Waals surface area contributed by atoms with Gasteiger partial charge < -0.3 is 15.2 Å². The Kier molecular flexibility index (Phi) is 4.98. The lowest BCUT2D eigenvalue weighted by Crippen LogP contribution is -2.29. The molecule has 3 aromatic rings. The van der Waals surface area contributed by atoms with Gasteiger partial charge in [-0.05, 0) is 17.7 Å². The van der Waals surface area contributed by atoms with Gasteiger partial charge >= 0.3 is 0 Å². The zero-order valence-electron chi connectivity index (χ0n) is 14.0. The molecule has 0 aliphatic rings. The maximum Gasteiger partial charge on any atom is 0.275 e. The first kappa shape index (κ1) is 17.2. The second-order valence-corrected chi connectivity index (χ2v) is 5.47. The Bertz CT molecular complexity index is 984. The molecule has 7 nitrogen and oxygen atoms in total. The number of carbonyl (C=O) groups excluding carboxylic acids is 1. The van der Waals surface area contributed by atoms with Crippen LogP contribution in [0.5, 0.6) is 11.5 Å². The van der Waals surface area contributed by atoms with Crippen molar-refractivity contribution in [2.75, 3.05) is 7.11 Å². The van der Waals surface area contributed by atoms with E-state index in [1.54, 1.807) is 24.3 Å². The molecule has 1 heterocycles. The minimum absolute atomic E-state index is 0.244. The van der Waals surface area contributed by atoms with Gasteiger partial charge in [-0.1, -0.05) is 42.5 Å². The lowest BCUT2D eigenvalue weighted by molar-refractivity contribution is 0.0941. The van der Waals surface area contributed by atoms with E-state index in [4.69, 9.17) is 4.74 Å². The molecule has 3 rings (SSSR count). The van der Waals surface area contributed by atoms with Crippen molar-refractivity contribution in [3.63, 3.8) is 0 Å². The predicted octanol–water partition coefficient (Wildman–Crippen LogP) is 1.88. The van der Waals surface area contributed by atoms with Crippen molar-refractivity contribution in [1.29, 1.82) is 0 Å². The number of rotatable bonds is 5. The molecule has 0 radical (unpaired) electrons. The number of para-hydroxylation sites is 2. The zero-order valence-corrected chi connectivity index (χ0v) is 14.0. The summed E-state index contributed by atoms with van der Waals surface area (Å²) >= 11 is 0. The number of amides is 1. The molecule has 1 amide bonds. The molecule has 2 N–H and O–H groups in total. The van der Waals surface area contributed by atoms with E-state index in [9.17, 15) is 14.7 Å². The summed E-state index contributed by atoms with van der Waals surface area (Å²) in [6.07, 6.45) is 0. The minimum Gasteiger partial charge on any atom is -0.505 e. The largest absolute Gasteiger partial charge is 0.505 e. The van der Waals surface area contributed by atoms with Crippen LogP contribution in [0.3, 0.4) is 0 Å². The number of methoxy groups -OCH3 is 1. The smallest absolute Gasteiger partial charge is 0.275 e. The molecule has 0 saturated carbocycles. The van der Waals surface area contributed by atoms with Crippen LogP contribution in [0.4, 0.5) is 0 Å². The fourth-order valence-electron chi connectivity index (χ4n) is 2.45. The Hall–Kier alpha value is -3.61. The van der Waals surface area contributed by atoms with Gasteiger partial charge in [-0.2, -0.15) is 9.78 Å². The SMILES string of the molecule is COc1ccccc1-n1nc(C(=O)NCc2ccccc2)c(O)cc1=O. The highest BCUT2D eigenvalue weighted by Crippen LogP contribution is 2.21. The summed E-state index contributed by atoms with van der Waals surface area (Å²) < 4.78 is 6.25. The molecule has 0 bridgehead atoms. The van der Waals surface area contributed by atoms with Crippen molar-refractivity contribution in [1.82, 2.24) is 15.1 Å². The van der Waals surface area contributed by atoms with Crippen LogP contribution in [0.2, 0.25) is 0 Å². The first-order chi connectivity index (χ1) is 12.6. The van der Waals surface area contributed by atoms with E-state index in [-0.39, 0.29) is 12.2 Å². The number of hydrogen-bond donors (Lipinski definition) is 2. The molecule has 0 fully saturated rings. The number of hydrogen-bond acceptors (Lipinski definition) is 5. The Balaban J connectivity index is 1.93. The Morgan fingerprint density at radius 1 is 1.15 bits per heavy atom. The molecule has 26 heavy (non-hydrogen) atoms. The van der Waals surface area contributed by atoms with Gasteiger partial charge in [-0.3, -0.25) is 9.59 Å². The second-order valence-electron chi connectivity index (χ2n) is 5.47. The van der Waals surface area contributed by atoms with Crippen LogP contribution in [0.25, 0.3) is 5.69 Å². The quantitative estimate of drug-likeness (QED) is 0.732. The highest BCUT2D eigenvalue weighted by atomic mass is 16.5. The number of carbonyl (C=O) groups is 1. The van der Waals surface area contributed by atoms with Crippen molar-refractivity contribution in [2.45, 2.75) is 6.54 Å². The van der Waals surface area contributed by atoms with Gasteiger partial charge in [0.05, 0.1) is 7.11 Å². The van der Waals surface area contributed by atoms with Gasteiger partial charge in [0.25, 0.3) is 11.5 Å². The number of benzene rings is 2. The Morgan fingerprint density at radius 2 is 1.85 bits per heavy atom. The standard InChI is InChI=1S/C19H17N3O4/c1-26-16-10-6-5-9-14(16)22-17(24)11-15(23)18(21-22)19(25)20-12-13-7-3-2-4-8-13/h2-11,23H,12H2,1H3,(H,20,25). The van der Waals surface area contributed by atoms with E-state index in [1.807, 2.05) is 30.3 Å². The van der Waals surface area contributed by atoms with Crippen molar-refractivity contribution in [3.8, 4) is 17.2 Å². The van der Waals surface area contributed by atoms with Crippen LogP contribution < -0.4 is 15.6 Å². The Labute approximate surface area is 149 Å². The van der Waals surface area contributed by atoms with E-state index in [0.29, 0.717) is 11.4 Å². The van der Waals surface area contributed by atoms with E-state index >= 15 is 0 Å². The van der Waals surface area contributed by atoms with E-state index in [2.05, 4.69) is 10.4 Å². The number of aromatic nitrogens is 2. The van der Waals surface area contributed by atoms with Crippen LogP contribution in [-0.4, -0.2) is 27.9 Å². The first-order valence-corrected chi connectivity index (χ1v) is 7.89. The Morgan fingerprint density at radius 3 is 2.58 bits per heavy atom. The molecular weight excluding hydrogens is 334 g/mol. The molecule has 0 unspecified atom stereocenters. The third-order valence-corrected chi connectivity index (χ3v) is 3.74. The third kappa shape index (κ3) is 3.56. The monoisotopic (exact) mass is 351 g/mol. The fraction of sp³-hybridized carbons (Fsp3) is 0.105. The number of ether oxygens (including phenoxy) is 1. The van der Waals surface area contributed by atoms with Crippen LogP contribution >= 0.6 is 0 Å². The minimum atomic E-state index is -0.588. The van der Waals surface area contributed by atoms with Crippen molar-refractivity contribution in [3.05, 3.63) is 82.3 Å². The summed E-state index contributed by atoms with van der Waals surface area (Å²) in [6.45, 7) is 0.272. The molecule has 0 spiro atoms. The van der Waals surface area contributed by atoms with Crippen molar-refractivity contribution >= 4 is 5.91 Å². The first-order valence-electron chi connectivity index (χ1n) is 7.89. The number of aromatic hydroxyl groups is 1. The number of nitrogens with one attached hydrogen (secondary N) is 1. The summed E-state index contributed by atoms with van der Waals surface area (Å²) in [5.74, 6) is -0.648. The summed E-state index contributed by atoms with van der Waals surface area (Å²) in [4.78, 5) is 24.6. The third-order valence-electron chi connectivity index (χ3n) is 3.74. The van der Waals surface area contributed by atoms with Crippen LogP contribution in [-0.2, 0) is 6.54 Å². The molecule has 1 aromatic heterocycles. The molecule has 2 aromatic carbocycles. The lowest BCUT2D eigenvalue weighted by Gasteiger charge is -2.12. The van der Waals surface area contributed by atoms with E-state index in [0.717, 1.165) is 16.3 Å². The highest BCUT2D eigenvalue weighted by molar-refractivity contribution is 5.94. The lowest BCUT2D eigenvalue weighted by atomic mass is 10.2. The average Bonchev–Trinajstić information content (AvgIpc) is 2.67. The summed E-state index contributed by atoms with van der Waals surface area (Å²) in [5.41, 5.74) is 0.452. The maximum atomic E-state index is 12.4. The van der Waals surface area contributed by atoms with E-state index in [1.165, 1.54) is 7.11 Å². The summed E-state index contributed by atoms with van der Waals surface area (Å²) in [5, 5.41) is 16.7. The van der Waals surface area contributed by atoms with Crippen LogP contribution in [0.1, 0.15) is 16.1 Å². The van der Waals surface area contributed by atoms with Gasteiger partial charge in [0.2, 0.25) is 0 Å². The highest BCUT2D eigenvalue weighted by Gasteiger charge is 2.18. The van der Waals surface area contributed by atoms with Gasteiger partial charge in [0.15, 0.2) is 11.4 Å². The molecule has 7 heteroatoms. The van der Waals surface area contributed by atoms with Gasteiger partial charge in [0, 0.05) is 12.6 Å². The molecule has 0 aliphatic heterocycles. The fourth-order valence-corrected chi connectivity index (χ4v) is 2.45. The van der Waals surface area contributed by atoms with Crippen molar-refractivity contribution < 1.29 is 14.6 Å². The topological polar surface area (TPSA) is 93.5 Å². The molecule has 0 atom stereocenters. The van der Waals surface area contributed by atoms with Gasteiger partial charge in [-0.25, -0.2) is 0 Å². The molecular formula is C19H17N3O4. The maximum absolute atomic E-state index is 12.4. The second kappa shape index (κ2) is 7.52. The van der Waals surface area contributed by atoms with Gasteiger partial charge in [-0.15, -0.1) is 0 Å². The molecule has 0 saturated heterocycles. The van der Waals surface area contributed by atoms with Crippen molar-refractivity contribution in [2.24, 2.45) is 0 Å².